The Bertz CT molecular complexity index is 594. The lowest BCUT2D eigenvalue weighted by Gasteiger charge is -2.22. The van der Waals surface area contributed by atoms with E-state index in [4.69, 9.17) is 0 Å². The van der Waals surface area contributed by atoms with Crippen LogP contribution >= 0.6 is 11.8 Å². The quantitative estimate of drug-likeness (QED) is 0.874. The number of amides is 1. The zero-order valence-corrected chi connectivity index (χ0v) is 11.0. The number of nitrogens with one attached hydrogen (secondary N) is 1. The van der Waals surface area contributed by atoms with Gasteiger partial charge in [0.1, 0.15) is 5.25 Å². The van der Waals surface area contributed by atoms with Crippen LogP contribution < -0.4 is 5.32 Å². The highest BCUT2D eigenvalue weighted by molar-refractivity contribution is 8.01. The number of allylic oxidation sites excluding steroid dienone is 1. The van der Waals surface area contributed by atoms with Crippen molar-refractivity contribution >= 4 is 29.0 Å². The monoisotopic (exact) mass is 272 g/mol. The predicted octanol–water partition coefficient (Wildman–Crippen LogP) is 1.06. The lowest BCUT2D eigenvalue weighted by atomic mass is 10.1. The standard InChI is InChI=1S/C13H12N4OS/c1-8-7-19-12(13(18)16-8)11-5-9(6-14-11)10-3-2-4-15-17-10/h2-5,12H,1,6-7H2,(H,16,18). The van der Waals surface area contributed by atoms with Crippen LogP contribution in [0.3, 0.4) is 0 Å². The van der Waals surface area contributed by atoms with Gasteiger partial charge < -0.3 is 5.32 Å². The van der Waals surface area contributed by atoms with Crippen molar-refractivity contribution in [2.24, 2.45) is 4.99 Å². The second-order valence-corrected chi connectivity index (χ2v) is 5.40. The molecule has 2 aliphatic rings. The molecule has 19 heavy (non-hydrogen) atoms. The van der Waals surface area contributed by atoms with Crippen LogP contribution in [0, 0.1) is 0 Å². The maximum Gasteiger partial charge on any atom is 0.243 e. The van der Waals surface area contributed by atoms with E-state index in [1.54, 1.807) is 18.0 Å². The highest BCUT2D eigenvalue weighted by atomic mass is 32.2. The third kappa shape index (κ3) is 2.44. The molecule has 1 amide bonds. The molecule has 0 bridgehead atoms. The van der Waals surface area contributed by atoms with Gasteiger partial charge in [-0.1, -0.05) is 6.58 Å². The predicted molar refractivity (Wildman–Crippen MR) is 75.8 cm³/mol. The summed E-state index contributed by atoms with van der Waals surface area (Å²) in [7, 11) is 0. The SMILES string of the molecule is C=C1CSC(C2=NCC(c3cccnn3)=C2)C(=O)N1. The van der Waals surface area contributed by atoms with E-state index in [0.717, 1.165) is 28.4 Å². The molecule has 6 heteroatoms. The summed E-state index contributed by atoms with van der Waals surface area (Å²) in [6, 6.07) is 3.74. The van der Waals surface area contributed by atoms with Crippen LogP contribution in [0.5, 0.6) is 0 Å². The van der Waals surface area contributed by atoms with Gasteiger partial charge in [0.05, 0.1) is 18.0 Å². The van der Waals surface area contributed by atoms with E-state index in [-0.39, 0.29) is 11.2 Å². The molecule has 1 N–H and O–H groups in total. The molecular weight excluding hydrogens is 260 g/mol. The first kappa shape index (κ1) is 12.1. The molecule has 1 atom stereocenters. The number of carbonyl (C=O) groups is 1. The number of hydrogen-bond acceptors (Lipinski definition) is 5. The summed E-state index contributed by atoms with van der Waals surface area (Å²) in [5.41, 5.74) is 3.37. The molecule has 0 spiro atoms. The van der Waals surface area contributed by atoms with Gasteiger partial charge in [0, 0.05) is 23.2 Å². The highest BCUT2D eigenvalue weighted by Gasteiger charge is 2.30. The van der Waals surface area contributed by atoms with Gasteiger partial charge in [-0.3, -0.25) is 9.79 Å². The van der Waals surface area contributed by atoms with Crippen molar-refractivity contribution in [1.82, 2.24) is 15.5 Å². The minimum atomic E-state index is -0.250. The Morgan fingerprint density at radius 3 is 3.11 bits per heavy atom. The normalized spacial score (nSPS) is 22.8. The van der Waals surface area contributed by atoms with Crippen molar-refractivity contribution in [1.29, 1.82) is 0 Å². The number of thioether (sulfide) groups is 1. The molecule has 1 aromatic heterocycles. The van der Waals surface area contributed by atoms with Crippen molar-refractivity contribution in [3.05, 3.63) is 42.4 Å². The fourth-order valence-electron chi connectivity index (χ4n) is 1.99. The Labute approximate surface area is 114 Å². The minimum absolute atomic E-state index is 0.0448. The fraction of sp³-hybridized carbons (Fsp3) is 0.231. The van der Waals surface area contributed by atoms with Gasteiger partial charge in [-0.15, -0.1) is 11.8 Å². The van der Waals surface area contributed by atoms with Gasteiger partial charge >= 0.3 is 0 Å². The first-order valence-corrected chi connectivity index (χ1v) is 6.92. The Morgan fingerprint density at radius 2 is 2.37 bits per heavy atom. The van der Waals surface area contributed by atoms with E-state index >= 15 is 0 Å². The molecule has 1 aromatic rings. The van der Waals surface area contributed by atoms with E-state index in [2.05, 4.69) is 27.1 Å². The van der Waals surface area contributed by atoms with Gasteiger partial charge in [0.2, 0.25) is 5.91 Å². The van der Waals surface area contributed by atoms with Crippen LogP contribution in [-0.4, -0.2) is 39.4 Å². The topological polar surface area (TPSA) is 67.2 Å². The maximum atomic E-state index is 11.9. The van der Waals surface area contributed by atoms with Gasteiger partial charge in [0.25, 0.3) is 0 Å². The molecule has 3 heterocycles. The van der Waals surface area contributed by atoms with Crippen LogP contribution in [0.1, 0.15) is 5.69 Å². The molecule has 0 saturated carbocycles. The van der Waals surface area contributed by atoms with E-state index < -0.39 is 0 Å². The third-order valence-corrected chi connectivity index (χ3v) is 4.19. The second kappa shape index (κ2) is 4.97. The first-order chi connectivity index (χ1) is 9.24. The van der Waals surface area contributed by atoms with E-state index in [0.29, 0.717) is 6.54 Å². The van der Waals surface area contributed by atoms with Crippen LogP contribution in [-0.2, 0) is 4.79 Å². The van der Waals surface area contributed by atoms with E-state index in [1.165, 1.54) is 0 Å². The summed E-state index contributed by atoms with van der Waals surface area (Å²) < 4.78 is 0. The van der Waals surface area contributed by atoms with Gasteiger partial charge in [-0.2, -0.15) is 10.2 Å². The number of rotatable bonds is 2. The number of hydrogen-bond donors (Lipinski definition) is 1. The van der Waals surface area contributed by atoms with Crippen molar-refractivity contribution in [3.8, 4) is 0 Å². The molecule has 0 radical (unpaired) electrons. The van der Waals surface area contributed by atoms with Crippen LogP contribution in [0.15, 0.2) is 41.7 Å². The van der Waals surface area contributed by atoms with E-state index in [1.807, 2.05) is 18.2 Å². The van der Waals surface area contributed by atoms with E-state index in [9.17, 15) is 4.79 Å². The summed E-state index contributed by atoms with van der Waals surface area (Å²) in [6.45, 7) is 4.32. The van der Waals surface area contributed by atoms with Crippen LogP contribution in [0.2, 0.25) is 0 Å². The molecule has 5 nitrogen and oxygen atoms in total. The summed E-state index contributed by atoms with van der Waals surface area (Å²) >= 11 is 1.55. The fourth-order valence-corrected chi connectivity index (χ4v) is 2.95. The van der Waals surface area contributed by atoms with Gasteiger partial charge in [-0.05, 0) is 18.2 Å². The van der Waals surface area contributed by atoms with Gasteiger partial charge in [0.15, 0.2) is 0 Å². The molecule has 2 aliphatic heterocycles. The summed E-state index contributed by atoms with van der Waals surface area (Å²) in [5.74, 6) is 0.681. The lowest BCUT2D eigenvalue weighted by molar-refractivity contribution is -0.118. The second-order valence-electron chi connectivity index (χ2n) is 4.30. The summed E-state index contributed by atoms with van der Waals surface area (Å²) in [5, 5.41) is 10.4. The van der Waals surface area contributed by atoms with Crippen molar-refractivity contribution in [3.63, 3.8) is 0 Å². The van der Waals surface area contributed by atoms with Gasteiger partial charge in [-0.25, -0.2) is 0 Å². The highest BCUT2D eigenvalue weighted by Crippen LogP contribution is 2.26. The van der Waals surface area contributed by atoms with Crippen molar-refractivity contribution in [2.75, 3.05) is 12.3 Å². The largest absolute Gasteiger partial charge is 0.328 e. The number of aliphatic imine (C=N–C) groups is 1. The Hall–Kier alpha value is -1.95. The molecule has 0 aliphatic carbocycles. The van der Waals surface area contributed by atoms with Crippen molar-refractivity contribution in [2.45, 2.75) is 5.25 Å². The smallest absolute Gasteiger partial charge is 0.243 e. The van der Waals surface area contributed by atoms with Crippen LogP contribution in [0.25, 0.3) is 5.57 Å². The zero-order valence-electron chi connectivity index (χ0n) is 10.2. The molecule has 1 unspecified atom stereocenters. The average molecular weight is 272 g/mol. The molecule has 1 saturated heterocycles. The zero-order chi connectivity index (χ0) is 13.2. The van der Waals surface area contributed by atoms with Crippen molar-refractivity contribution < 1.29 is 4.79 Å². The molecule has 96 valence electrons. The number of carbonyl (C=O) groups excluding carboxylic acids is 1. The Balaban J connectivity index is 1.79. The molecule has 1 fully saturated rings. The third-order valence-electron chi connectivity index (χ3n) is 2.89. The Morgan fingerprint density at radius 1 is 1.47 bits per heavy atom. The molecule has 3 rings (SSSR count). The molecular formula is C13H12N4OS. The Kier molecular flexibility index (Phi) is 3.16. The lowest BCUT2D eigenvalue weighted by Crippen LogP contribution is -2.41. The van der Waals surface area contributed by atoms with Crippen LogP contribution in [0.4, 0.5) is 0 Å². The minimum Gasteiger partial charge on any atom is -0.328 e. The average Bonchev–Trinajstić information content (AvgIpc) is 2.89. The first-order valence-electron chi connectivity index (χ1n) is 5.87. The summed E-state index contributed by atoms with van der Waals surface area (Å²) in [6.07, 6.45) is 3.58. The molecule has 0 aromatic carbocycles. The number of aromatic nitrogens is 2. The maximum absolute atomic E-state index is 11.9. The number of nitrogens with zero attached hydrogens (tertiary/aromatic N) is 3. The summed E-state index contributed by atoms with van der Waals surface area (Å²) in [4.78, 5) is 16.3.